The smallest absolute Gasteiger partial charge is 0.289 e. The third-order valence-electron chi connectivity index (χ3n) is 4.61. The monoisotopic (exact) mass is 342 g/mol. The molecule has 6 nitrogen and oxygen atoms in total. The first-order chi connectivity index (χ1) is 11.6. The minimum atomic E-state index is -0.247. The number of aromatic nitrogens is 3. The van der Waals surface area contributed by atoms with Gasteiger partial charge in [0, 0.05) is 22.9 Å². The molecule has 25 heavy (non-hydrogen) atoms. The lowest BCUT2D eigenvalue weighted by atomic mass is 9.74. The Morgan fingerprint density at radius 3 is 2.64 bits per heavy atom. The Labute approximate surface area is 148 Å². The van der Waals surface area contributed by atoms with Crippen molar-refractivity contribution in [1.29, 1.82) is 0 Å². The van der Waals surface area contributed by atoms with Gasteiger partial charge in [0.1, 0.15) is 5.82 Å². The molecule has 2 aromatic heterocycles. The molecule has 1 atom stereocenters. The summed E-state index contributed by atoms with van der Waals surface area (Å²) in [6.45, 7) is 12.5. The number of nitrogens with zero attached hydrogens (tertiary/aromatic N) is 3. The standard InChI is InChI=1S/C19H26N4O2/c1-11-15(25-10-21-11)16(24)22-13-7-19(5,6)8-14-12(13)9-20-17(23-14)18(2,3)4/h9-10,13H,7-8H2,1-6H3,(H,22,24)/t13-/m1/s1. The van der Waals surface area contributed by atoms with E-state index >= 15 is 0 Å². The van der Waals surface area contributed by atoms with Crippen LogP contribution in [0.1, 0.15) is 80.4 Å². The SMILES string of the molecule is Cc1ncoc1C(=O)N[C@@H]1CC(C)(C)Cc2nc(C(C)(C)C)ncc21. The highest BCUT2D eigenvalue weighted by Crippen LogP contribution is 2.40. The third kappa shape index (κ3) is 3.57. The topological polar surface area (TPSA) is 80.9 Å². The second-order valence-corrected chi connectivity index (χ2v) is 8.68. The van der Waals surface area contributed by atoms with E-state index < -0.39 is 0 Å². The normalized spacial score (nSPS) is 19.4. The fourth-order valence-corrected chi connectivity index (χ4v) is 3.28. The molecule has 1 aliphatic rings. The highest BCUT2D eigenvalue weighted by atomic mass is 16.3. The van der Waals surface area contributed by atoms with Gasteiger partial charge in [0.05, 0.1) is 11.7 Å². The molecule has 6 heteroatoms. The Morgan fingerprint density at radius 2 is 2.04 bits per heavy atom. The van der Waals surface area contributed by atoms with E-state index in [1.165, 1.54) is 6.39 Å². The van der Waals surface area contributed by atoms with Crippen molar-refractivity contribution in [3.63, 3.8) is 0 Å². The van der Waals surface area contributed by atoms with E-state index in [0.717, 1.165) is 29.9 Å². The van der Waals surface area contributed by atoms with Gasteiger partial charge in [-0.05, 0) is 25.2 Å². The number of aryl methyl sites for hydroxylation is 1. The molecule has 0 saturated heterocycles. The van der Waals surface area contributed by atoms with Crippen molar-refractivity contribution < 1.29 is 9.21 Å². The molecule has 0 spiro atoms. The molecule has 1 N–H and O–H groups in total. The Kier molecular flexibility index (Phi) is 4.17. The first kappa shape index (κ1) is 17.6. The number of oxazole rings is 1. The fourth-order valence-electron chi connectivity index (χ4n) is 3.28. The van der Waals surface area contributed by atoms with Crippen LogP contribution in [0, 0.1) is 12.3 Å². The van der Waals surface area contributed by atoms with Crippen LogP contribution in [-0.4, -0.2) is 20.9 Å². The number of amides is 1. The van der Waals surface area contributed by atoms with Crippen molar-refractivity contribution in [3.8, 4) is 0 Å². The number of hydrogen-bond acceptors (Lipinski definition) is 5. The zero-order valence-electron chi connectivity index (χ0n) is 15.8. The molecule has 1 amide bonds. The maximum atomic E-state index is 12.6. The second kappa shape index (κ2) is 5.93. The molecule has 1 aliphatic carbocycles. The van der Waals surface area contributed by atoms with E-state index in [0.29, 0.717) is 5.69 Å². The van der Waals surface area contributed by atoms with Gasteiger partial charge in [-0.3, -0.25) is 4.79 Å². The summed E-state index contributed by atoms with van der Waals surface area (Å²) >= 11 is 0. The summed E-state index contributed by atoms with van der Waals surface area (Å²) in [5.74, 6) is 0.848. The summed E-state index contributed by atoms with van der Waals surface area (Å²) in [5, 5.41) is 3.08. The van der Waals surface area contributed by atoms with Crippen LogP contribution in [0.3, 0.4) is 0 Å². The van der Waals surface area contributed by atoms with Crippen molar-refractivity contribution in [2.24, 2.45) is 5.41 Å². The molecule has 0 unspecified atom stereocenters. The van der Waals surface area contributed by atoms with Gasteiger partial charge in [-0.1, -0.05) is 34.6 Å². The second-order valence-electron chi connectivity index (χ2n) is 8.68. The van der Waals surface area contributed by atoms with E-state index in [-0.39, 0.29) is 28.5 Å². The zero-order chi connectivity index (χ0) is 18.4. The lowest BCUT2D eigenvalue weighted by Crippen LogP contribution is -2.37. The van der Waals surface area contributed by atoms with Gasteiger partial charge >= 0.3 is 0 Å². The molecule has 0 bridgehead atoms. The van der Waals surface area contributed by atoms with E-state index in [9.17, 15) is 4.79 Å². The Balaban J connectivity index is 1.94. The fraction of sp³-hybridized carbons (Fsp3) is 0.579. The molecule has 0 radical (unpaired) electrons. The molecule has 0 saturated carbocycles. The summed E-state index contributed by atoms with van der Waals surface area (Å²) in [7, 11) is 0. The van der Waals surface area contributed by atoms with E-state index in [1.807, 2.05) is 6.20 Å². The number of fused-ring (bicyclic) bond motifs is 1. The minimum Gasteiger partial charge on any atom is -0.438 e. The first-order valence-electron chi connectivity index (χ1n) is 8.64. The molecule has 2 heterocycles. The number of carbonyl (C=O) groups is 1. The van der Waals surface area contributed by atoms with Crippen molar-refractivity contribution in [1.82, 2.24) is 20.3 Å². The highest BCUT2D eigenvalue weighted by molar-refractivity contribution is 5.92. The maximum Gasteiger partial charge on any atom is 0.289 e. The third-order valence-corrected chi connectivity index (χ3v) is 4.61. The Bertz CT molecular complexity index is 802. The predicted molar refractivity (Wildman–Crippen MR) is 94.3 cm³/mol. The van der Waals surface area contributed by atoms with Gasteiger partial charge in [0.2, 0.25) is 5.76 Å². The van der Waals surface area contributed by atoms with Crippen LogP contribution in [0.2, 0.25) is 0 Å². The molecule has 134 valence electrons. The maximum absolute atomic E-state index is 12.6. The number of nitrogens with one attached hydrogen (secondary N) is 1. The Morgan fingerprint density at radius 1 is 1.32 bits per heavy atom. The van der Waals surface area contributed by atoms with Crippen LogP contribution in [0.15, 0.2) is 17.0 Å². The number of carbonyl (C=O) groups excluding carboxylic acids is 1. The van der Waals surface area contributed by atoms with Gasteiger partial charge in [0.25, 0.3) is 5.91 Å². The van der Waals surface area contributed by atoms with Crippen LogP contribution in [0.25, 0.3) is 0 Å². The number of hydrogen-bond donors (Lipinski definition) is 1. The molecular weight excluding hydrogens is 316 g/mol. The molecular formula is C19H26N4O2. The molecule has 0 aromatic carbocycles. The summed E-state index contributed by atoms with van der Waals surface area (Å²) in [4.78, 5) is 25.9. The van der Waals surface area contributed by atoms with Crippen molar-refractivity contribution >= 4 is 5.91 Å². The van der Waals surface area contributed by atoms with Gasteiger partial charge in [-0.25, -0.2) is 15.0 Å². The van der Waals surface area contributed by atoms with Gasteiger partial charge in [0.15, 0.2) is 6.39 Å². The quantitative estimate of drug-likeness (QED) is 0.903. The average Bonchev–Trinajstić information content (AvgIpc) is 2.90. The van der Waals surface area contributed by atoms with Crippen molar-refractivity contribution in [2.75, 3.05) is 0 Å². The van der Waals surface area contributed by atoms with E-state index in [4.69, 9.17) is 9.40 Å². The van der Waals surface area contributed by atoms with Crippen LogP contribution in [0.4, 0.5) is 0 Å². The predicted octanol–water partition coefficient (Wildman–Crippen LogP) is 3.51. The first-order valence-corrected chi connectivity index (χ1v) is 8.64. The van der Waals surface area contributed by atoms with Gasteiger partial charge in [-0.15, -0.1) is 0 Å². The van der Waals surface area contributed by atoms with Gasteiger partial charge in [-0.2, -0.15) is 0 Å². The van der Waals surface area contributed by atoms with Crippen molar-refractivity contribution in [2.45, 2.75) is 65.8 Å². The highest BCUT2D eigenvalue weighted by Gasteiger charge is 2.36. The summed E-state index contributed by atoms with van der Waals surface area (Å²) in [6, 6.07) is -0.134. The summed E-state index contributed by atoms with van der Waals surface area (Å²) < 4.78 is 5.22. The minimum absolute atomic E-state index is 0.0465. The molecule has 2 aromatic rings. The summed E-state index contributed by atoms with van der Waals surface area (Å²) in [6.07, 6.45) is 4.87. The zero-order valence-corrected chi connectivity index (χ0v) is 15.8. The van der Waals surface area contributed by atoms with Gasteiger partial charge < -0.3 is 9.73 Å². The molecule has 3 rings (SSSR count). The van der Waals surface area contributed by atoms with Crippen LogP contribution in [0.5, 0.6) is 0 Å². The van der Waals surface area contributed by atoms with Crippen LogP contribution < -0.4 is 5.32 Å². The van der Waals surface area contributed by atoms with Crippen molar-refractivity contribution in [3.05, 3.63) is 41.1 Å². The van der Waals surface area contributed by atoms with Crippen LogP contribution >= 0.6 is 0 Å². The molecule has 0 fully saturated rings. The average molecular weight is 342 g/mol. The lowest BCUT2D eigenvalue weighted by Gasteiger charge is -2.37. The molecule has 0 aliphatic heterocycles. The number of rotatable bonds is 2. The van der Waals surface area contributed by atoms with Crippen LogP contribution in [-0.2, 0) is 11.8 Å². The largest absolute Gasteiger partial charge is 0.438 e. The Hall–Kier alpha value is -2.24. The summed E-state index contributed by atoms with van der Waals surface area (Å²) in [5.41, 5.74) is 2.55. The van der Waals surface area contributed by atoms with E-state index in [2.05, 4.69) is 49.9 Å². The lowest BCUT2D eigenvalue weighted by molar-refractivity contribution is 0.0889. The van der Waals surface area contributed by atoms with E-state index in [1.54, 1.807) is 6.92 Å².